The highest BCUT2D eigenvalue weighted by Crippen LogP contribution is 2.34. The van der Waals surface area contributed by atoms with E-state index in [1.807, 2.05) is 12.1 Å². The summed E-state index contributed by atoms with van der Waals surface area (Å²) in [6.45, 7) is 9.31. The van der Waals surface area contributed by atoms with Crippen LogP contribution in [0.25, 0.3) is 10.9 Å². The number of carbonyl (C=O) groups excluding carboxylic acids is 1. The molecule has 3 heterocycles. The van der Waals surface area contributed by atoms with Crippen LogP contribution in [0.1, 0.15) is 37.9 Å². The van der Waals surface area contributed by atoms with E-state index >= 15 is 0 Å². The number of aromatic nitrogens is 1. The van der Waals surface area contributed by atoms with E-state index < -0.39 is 0 Å². The molecule has 25 heavy (non-hydrogen) atoms. The number of fused-ring (bicyclic) bond motifs is 2. The number of hydrogen-bond donors (Lipinski definition) is 2. The maximum atomic E-state index is 12.4. The third-order valence-electron chi connectivity index (χ3n) is 5.54. The summed E-state index contributed by atoms with van der Waals surface area (Å²) in [4.78, 5) is 18.2. The monoisotopic (exact) mass is 335 g/mol. The number of hydrogen-bond acceptors (Lipinski definition) is 2. The summed E-state index contributed by atoms with van der Waals surface area (Å²) in [5, 5.41) is 4.34. The van der Waals surface area contributed by atoms with Crippen LogP contribution < -0.4 is 5.32 Å². The Morgan fingerprint density at radius 3 is 2.96 bits per heavy atom. The summed E-state index contributed by atoms with van der Waals surface area (Å²) in [6.07, 6.45) is 6.88. The Labute approximate surface area is 148 Å². The van der Waals surface area contributed by atoms with Crippen LogP contribution in [0.2, 0.25) is 0 Å². The predicted molar refractivity (Wildman–Crippen MR) is 101 cm³/mol. The van der Waals surface area contributed by atoms with Crippen LogP contribution in [0.5, 0.6) is 0 Å². The van der Waals surface area contributed by atoms with Crippen LogP contribution >= 0.6 is 0 Å². The zero-order valence-electron chi connectivity index (χ0n) is 14.9. The normalized spacial score (nSPS) is 20.4. The number of rotatable bonds is 4. The molecule has 0 radical (unpaired) electrons. The van der Waals surface area contributed by atoms with Gasteiger partial charge in [-0.05, 0) is 24.5 Å². The van der Waals surface area contributed by atoms with E-state index in [0.717, 1.165) is 30.6 Å². The molecule has 0 unspecified atom stereocenters. The minimum absolute atomic E-state index is 0.0239. The lowest BCUT2D eigenvalue weighted by atomic mass is 9.85. The van der Waals surface area contributed by atoms with Crippen LogP contribution in [-0.4, -0.2) is 28.4 Å². The maximum absolute atomic E-state index is 12.4. The van der Waals surface area contributed by atoms with Crippen LogP contribution in [0.15, 0.2) is 48.8 Å². The van der Waals surface area contributed by atoms with Gasteiger partial charge in [0.1, 0.15) is 6.04 Å². The second kappa shape index (κ2) is 5.80. The highest BCUT2D eigenvalue weighted by molar-refractivity contribution is 5.87. The lowest BCUT2D eigenvalue weighted by Gasteiger charge is -2.29. The minimum Gasteiger partial charge on any atom is -0.364 e. The van der Waals surface area contributed by atoms with E-state index in [2.05, 4.69) is 60.0 Å². The third kappa shape index (κ3) is 2.66. The Morgan fingerprint density at radius 1 is 1.36 bits per heavy atom. The molecule has 2 N–H and O–H groups in total. The fraction of sp³-hybridized carbons (Fsp3) is 0.381. The Balaban J connectivity index is 1.77. The molecule has 2 aromatic rings. The van der Waals surface area contributed by atoms with Crippen molar-refractivity contribution in [3.63, 3.8) is 0 Å². The number of aromatic amines is 1. The second-order valence-corrected chi connectivity index (χ2v) is 7.67. The number of nitrogens with zero attached hydrogens (tertiary/aromatic N) is 1. The molecular weight excluding hydrogens is 310 g/mol. The quantitative estimate of drug-likeness (QED) is 0.839. The molecule has 1 aromatic heterocycles. The molecule has 0 spiro atoms. The summed E-state index contributed by atoms with van der Waals surface area (Å²) in [7, 11) is 0. The van der Waals surface area contributed by atoms with Gasteiger partial charge in [-0.3, -0.25) is 4.79 Å². The second-order valence-electron chi connectivity index (χ2n) is 7.67. The third-order valence-corrected chi connectivity index (χ3v) is 5.54. The number of benzene rings is 1. The van der Waals surface area contributed by atoms with Gasteiger partial charge in [-0.2, -0.15) is 0 Å². The van der Waals surface area contributed by atoms with Crippen molar-refractivity contribution < 1.29 is 4.79 Å². The SMILES string of the molecule is C=CC(C)(C)c1[nH]c2ccccc2c1CC1=CN2CCC[C@H]2C(=O)N1. The van der Waals surface area contributed by atoms with Crippen LogP contribution in [-0.2, 0) is 16.6 Å². The van der Waals surface area contributed by atoms with Gasteiger partial charge in [-0.15, -0.1) is 6.58 Å². The molecule has 0 aliphatic carbocycles. The molecule has 0 saturated carbocycles. The molecule has 1 saturated heterocycles. The average Bonchev–Trinajstić information content (AvgIpc) is 3.21. The van der Waals surface area contributed by atoms with Crippen molar-refractivity contribution in [2.24, 2.45) is 0 Å². The van der Waals surface area contributed by atoms with Gasteiger partial charge in [0.15, 0.2) is 0 Å². The Morgan fingerprint density at radius 2 is 2.16 bits per heavy atom. The van der Waals surface area contributed by atoms with Gasteiger partial charge in [-0.25, -0.2) is 0 Å². The largest absolute Gasteiger partial charge is 0.364 e. The van der Waals surface area contributed by atoms with Gasteiger partial charge in [0, 0.05) is 46.9 Å². The van der Waals surface area contributed by atoms with Crippen molar-refractivity contribution in [3.8, 4) is 0 Å². The summed E-state index contributed by atoms with van der Waals surface area (Å²) in [6, 6.07) is 8.38. The van der Waals surface area contributed by atoms with E-state index in [1.165, 1.54) is 16.6 Å². The van der Waals surface area contributed by atoms with Gasteiger partial charge in [0.25, 0.3) is 0 Å². The molecule has 2 aliphatic heterocycles. The molecule has 0 bridgehead atoms. The summed E-state index contributed by atoms with van der Waals surface area (Å²) in [5.41, 5.74) is 4.36. The van der Waals surface area contributed by atoms with Gasteiger partial charge < -0.3 is 15.2 Å². The van der Waals surface area contributed by atoms with E-state index in [9.17, 15) is 4.79 Å². The van der Waals surface area contributed by atoms with Crippen LogP contribution in [0, 0.1) is 0 Å². The van der Waals surface area contributed by atoms with E-state index in [0.29, 0.717) is 6.42 Å². The molecule has 1 fully saturated rings. The first kappa shape index (κ1) is 16.0. The van der Waals surface area contributed by atoms with E-state index in [4.69, 9.17) is 0 Å². The topological polar surface area (TPSA) is 48.1 Å². The van der Waals surface area contributed by atoms with Gasteiger partial charge >= 0.3 is 0 Å². The first-order valence-electron chi connectivity index (χ1n) is 9.00. The van der Waals surface area contributed by atoms with Crippen molar-refractivity contribution in [2.75, 3.05) is 6.54 Å². The Hall–Kier alpha value is -2.49. The maximum Gasteiger partial charge on any atom is 0.246 e. The summed E-state index contributed by atoms with van der Waals surface area (Å²) >= 11 is 0. The molecule has 2 aliphatic rings. The summed E-state index contributed by atoms with van der Waals surface area (Å²) in [5.74, 6) is 0.138. The molecule has 130 valence electrons. The number of allylic oxidation sites excluding steroid dienone is 2. The molecule has 1 atom stereocenters. The average molecular weight is 335 g/mol. The fourth-order valence-electron chi connectivity index (χ4n) is 4.02. The number of H-pyrrole nitrogens is 1. The van der Waals surface area contributed by atoms with E-state index in [-0.39, 0.29) is 17.4 Å². The van der Waals surface area contributed by atoms with Crippen molar-refractivity contribution in [1.29, 1.82) is 0 Å². The van der Waals surface area contributed by atoms with Gasteiger partial charge in [0.2, 0.25) is 5.91 Å². The lowest BCUT2D eigenvalue weighted by Crippen LogP contribution is -2.45. The van der Waals surface area contributed by atoms with Gasteiger partial charge in [0.05, 0.1) is 0 Å². The smallest absolute Gasteiger partial charge is 0.246 e. The standard InChI is InChI=1S/C21H25N3O/c1-4-21(2,3)19-16(15-8-5-6-9-17(15)23-19)12-14-13-24-11-7-10-18(24)20(25)22-14/h4-6,8-9,13,18,23H,1,7,10-12H2,2-3H3,(H,22,25)/t18-/m0/s1. The lowest BCUT2D eigenvalue weighted by molar-refractivity contribution is -0.124. The number of nitrogens with one attached hydrogen (secondary N) is 2. The molecular formula is C21H25N3O. The number of para-hydroxylation sites is 1. The highest BCUT2D eigenvalue weighted by atomic mass is 16.2. The fourth-order valence-corrected chi connectivity index (χ4v) is 4.02. The van der Waals surface area contributed by atoms with Crippen LogP contribution in [0.3, 0.4) is 0 Å². The first-order valence-corrected chi connectivity index (χ1v) is 9.00. The number of carbonyl (C=O) groups is 1. The van der Waals surface area contributed by atoms with Crippen LogP contribution in [0.4, 0.5) is 0 Å². The number of amides is 1. The van der Waals surface area contributed by atoms with Crippen molar-refractivity contribution in [1.82, 2.24) is 15.2 Å². The zero-order chi connectivity index (χ0) is 17.6. The first-order chi connectivity index (χ1) is 12.0. The molecule has 4 rings (SSSR count). The summed E-state index contributed by atoms with van der Waals surface area (Å²) < 4.78 is 0. The van der Waals surface area contributed by atoms with Crippen molar-refractivity contribution in [2.45, 2.75) is 44.6 Å². The molecule has 4 nitrogen and oxygen atoms in total. The Bertz CT molecular complexity index is 874. The predicted octanol–water partition coefficient (Wildman–Crippen LogP) is 3.61. The molecule has 4 heteroatoms. The Kier molecular flexibility index (Phi) is 3.71. The molecule has 1 amide bonds. The van der Waals surface area contributed by atoms with Crippen molar-refractivity contribution >= 4 is 16.8 Å². The van der Waals surface area contributed by atoms with Crippen molar-refractivity contribution in [3.05, 3.63) is 60.1 Å². The zero-order valence-corrected chi connectivity index (χ0v) is 14.9. The minimum atomic E-state index is -0.163. The van der Waals surface area contributed by atoms with Gasteiger partial charge in [-0.1, -0.05) is 38.1 Å². The molecule has 1 aromatic carbocycles. The highest BCUT2D eigenvalue weighted by Gasteiger charge is 2.33. The van der Waals surface area contributed by atoms with E-state index in [1.54, 1.807) is 0 Å².